The first kappa shape index (κ1) is 24.1. The Hall–Kier alpha value is -3.07. The number of Topliss-reactive ketones (excluding diaryl/α,β-unsaturated/α-hetero) is 1. The van der Waals surface area contributed by atoms with E-state index in [1.807, 2.05) is 30.3 Å². The molecule has 1 aromatic heterocycles. The summed E-state index contributed by atoms with van der Waals surface area (Å²) in [5.74, 6) is -1.10. The van der Waals surface area contributed by atoms with Crippen LogP contribution < -0.4 is 16.0 Å². The lowest BCUT2D eigenvalue weighted by atomic mass is 9.88. The minimum atomic E-state index is -1.05. The van der Waals surface area contributed by atoms with Crippen LogP contribution in [0.4, 0.5) is 0 Å². The van der Waals surface area contributed by atoms with Crippen molar-refractivity contribution in [3.05, 3.63) is 52.5 Å². The lowest BCUT2D eigenvalue weighted by Gasteiger charge is -2.24. The fourth-order valence-electron chi connectivity index (χ4n) is 5.05. The van der Waals surface area contributed by atoms with Crippen molar-refractivity contribution in [1.29, 1.82) is 0 Å². The standard InChI is InChI=1S/C25H30N4O4S/c1-15(28-24(32)19-12-17-7-8-18(19)11-17)23(31)29-20(13-16-5-3-2-4-6-16)22(30)25(33)27-14-21-26-9-10-34-21/h2-6,9-10,15,17-20H,7-8,11-14H2,1H3,(H,27,33)(H,28,32)(H,29,31)/t15-,17?,18?,19?,20-/m1/s1. The smallest absolute Gasteiger partial charge is 0.289 e. The quantitative estimate of drug-likeness (QED) is 0.448. The van der Waals surface area contributed by atoms with Crippen LogP contribution in [0.2, 0.25) is 0 Å². The second-order valence-corrected chi connectivity index (χ2v) is 10.2. The number of carbonyl (C=O) groups is 4. The fourth-order valence-corrected chi connectivity index (χ4v) is 5.61. The molecule has 180 valence electrons. The Balaban J connectivity index is 1.37. The van der Waals surface area contributed by atoms with Crippen LogP contribution in [0.15, 0.2) is 41.9 Å². The summed E-state index contributed by atoms with van der Waals surface area (Å²) in [7, 11) is 0. The first-order valence-corrected chi connectivity index (χ1v) is 12.6. The molecule has 0 radical (unpaired) electrons. The molecule has 2 fully saturated rings. The number of rotatable bonds is 10. The zero-order valence-corrected chi connectivity index (χ0v) is 20.0. The van der Waals surface area contributed by atoms with Crippen molar-refractivity contribution in [2.24, 2.45) is 17.8 Å². The zero-order valence-electron chi connectivity index (χ0n) is 19.2. The van der Waals surface area contributed by atoms with Gasteiger partial charge in [-0.05, 0) is 43.6 Å². The van der Waals surface area contributed by atoms with Gasteiger partial charge in [-0.15, -0.1) is 11.3 Å². The van der Waals surface area contributed by atoms with Gasteiger partial charge in [0.05, 0.1) is 6.54 Å². The van der Waals surface area contributed by atoms with E-state index >= 15 is 0 Å². The predicted octanol–water partition coefficient (Wildman–Crippen LogP) is 2.00. The number of fused-ring (bicyclic) bond motifs is 2. The van der Waals surface area contributed by atoms with Gasteiger partial charge in [0.1, 0.15) is 17.1 Å². The van der Waals surface area contributed by atoms with E-state index in [0.29, 0.717) is 16.8 Å². The maximum atomic E-state index is 13.0. The summed E-state index contributed by atoms with van der Waals surface area (Å²) in [6, 6.07) is 7.33. The van der Waals surface area contributed by atoms with E-state index in [-0.39, 0.29) is 24.8 Å². The van der Waals surface area contributed by atoms with Gasteiger partial charge in [0.25, 0.3) is 5.91 Å². The summed E-state index contributed by atoms with van der Waals surface area (Å²) in [6.07, 6.45) is 6.05. The summed E-state index contributed by atoms with van der Waals surface area (Å²) >= 11 is 1.38. The maximum absolute atomic E-state index is 13.0. The van der Waals surface area contributed by atoms with Crippen molar-refractivity contribution in [2.75, 3.05) is 0 Å². The van der Waals surface area contributed by atoms with Crippen molar-refractivity contribution in [3.8, 4) is 0 Å². The van der Waals surface area contributed by atoms with Gasteiger partial charge < -0.3 is 16.0 Å². The molecular weight excluding hydrogens is 452 g/mol. The average molecular weight is 483 g/mol. The molecule has 2 saturated carbocycles. The third-order valence-corrected chi connectivity index (χ3v) is 7.63. The molecule has 4 rings (SSSR count). The molecule has 34 heavy (non-hydrogen) atoms. The van der Waals surface area contributed by atoms with Gasteiger partial charge >= 0.3 is 0 Å². The Morgan fingerprint density at radius 1 is 1.09 bits per heavy atom. The Kier molecular flexibility index (Phi) is 7.72. The number of thiazole rings is 1. The molecule has 1 heterocycles. The Bertz CT molecular complexity index is 1030. The van der Waals surface area contributed by atoms with Crippen molar-refractivity contribution in [1.82, 2.24) is 20.9 Å². The first-order chi connectivity index (χ1) is 16.4. The van der Waals surface area contributed by atoms with E-state index in [2.05, 4.69) is 20.9 Å². The number of aromatic nitrogens is 1. The van der Waals surface area contributed by atoms with Gasteiger partial charge in [-0.25, -0.2) is 4.98 Å². The van der Waals surface area contributed by atoms with Gasteiger partial charge in [-0.2, -0.15) is 0 Å². The van der Waals surface area contributed by atoms with Crippen molar-refractivity contribution < 1.29 is 19.2 Å². The van der Waals surface area contributed by atoms with Crippen LogP contribution in [-0.2, 0) is 32.1 Å². The summed E-state index contributed by atoms with van der Waals surface area (Å²) in [4.78, 5) is 55.2. The second-order valence-electron chi connectivity index (χ2n) is 9.24. The highest BCUT2D eigenvalue weighted by molar-refractivity contribution is 7.09. The molecule has 5 atom stereocenters. The van der Waals surface area contributed by atoms with E-state index in [1.54, 1.807) is 18.5 Å². The number of hydrogen-bond acceptors (Lipinski definition) is 6. The normalized spacial score (nSPS) is 22.6. The monoisotopic (exact) mass is 482 g/mol. The molecule has 2 bridgehead atoms. The van der Waals surface area contributed by atoms with E-state index in [0.717, 1.165) is 24.8 Å². The maximum Gasteiger partial charge on any atom is 0.289 e. The highest BCUT2D eigenvalue weighted by Crippen LogP contribution is 2.48. The van der Waals surface area contributed by atoms with Gasteiger partial charge in [-0.3, -0.25) is 19.2 Å². The van der Waals surface area contributed by atoms with Gasteiger partial charge in [-0.1, -0.05) is 36.8 Å². The molecule has 0 aliphatic heterocycles. The second kappa shape index (κ2) is 10.9. The summed E-state index contributed by atoms with van der Waals surface area (Å²) in [5.41, 5.74) is 0.813. The van der Waals surface area contributed by atoms with E-state index in [9.17, 15) is 19.2 Å². The van der Waals surface area contributed by atoms with Crippen LogP contribution in [0.5, 0.6) is 0 Å². The zero-order chi connectivity index (χ0) is 24.1. The molecule has 3 amide bonds. The number of ketones is 1. The van der Waals surface area contributed by atoms with Crippen LogP contribution in [0.3, 0.4) is 0 Å². The molecule has 2 aliphatic carbocycles. The minimum Gasteiger partial charge on any atom is -0.344 e. The summed E-state index contributed by atoms with van der Waals surface area (Å²) in [5, 5.41) is 10.6. The molecule has 2 aliphatic rings. The lowest BCUT2D eigenvalue weighted by molar-refractivity contribution is -0.140. The summed E-state index contributed by atoms with van der Waals surface area (Å²) < 4.78 is 0. The topological polar surface area (TPSA) is 117 Å². The van der Waals surface area contributed by atoms with E-state index < -0.39 is 29.7 Å². The Labute approximate surface area is 202 Å². The predicted molar refractivity (Wildman–Crippen MR) is 128 cm³/mol. The van der Waals surface area contributed by atoms with E-state index in [4.69, 9.17) is 0 Å². The third-order valence-electron chi connectivity index (χ3n) is 6.85. The molecule has 9 heteroatoms. The molecular formula is C25H30N4O4S. The SMILES string of the molecule is C[C@@H](NC(=O)C1CC2CCC1C2)C(=O)N[C@H](Cc1ccccc1)C(=O)C(=O)NCc1nccs1. The molecule has 3 N–H and O–H groups in total. The first-order valence-electron chi connectivity index (χ1n) is 11.8. The van der Waals surface area contributed by atoms with Crippen molar-refractivity contribution in [3.63, 3.8) is 0 Å². The lowest BCUT2D eigenvalue weighted by Crippen LogP contribution is -2.54. The van der Waals surface area contributed by atoms with Crippen molar-refractivity contribution in [2.45, 2.75) is 57.7 Å². The minimum absolute atomic E-state index is 0.0348. The number of carbonyl (C=O) groups excluding carboxylic acids is 4. The van der Waals surface area contributed by atoms with Crippen LogP contribution in [0, 0.1) is 17.8 Å². The molecule has 3 unspecified atom stereocenters. The van der Waals surface area contributed by atoms with Crippen LogP contribution >= 0.6 is 11.3 Å². The molecule has 2 aromatic rings. The summed E-state index contributed by atoms with van der Waals surface area (Å²) in [6.45, 7) is 1.75. The number of nitrogens with one attached hydrogen (secondary N) is 3. The number of nitrogens with zero attached hydrogens (tertiary/aromatic N) is 1. The number of hydrogen-bond donors (Lipinski definition) is 3. The average Bonchev–Trinajstić information content (AvgIpc) is 3.61. The van der Waals surface area contributed by atoms with Crippen molar-refractivity contribution >= 4 is 34.8 Å². The largest absolute Gasteiger partial charge is 0.344 e. The van der Waals surface area contributed by atoms with Gasteiger partial charge in [0.2, 0.25) is 17.6 Å². The third kappa shape index (κ3) is 5.88. The van der Waals surface area contributed by atoms with Gasteiger partial charge in [0.15, 0.2) is 0 Å². The number of benzene rings is 1. The van der Waals surface area contributed by atoms with Crippen LogP contribution in [0.1, 0.15) is 43.2 Å². The molecule has 0 saturated heterocycles. The molecule has 1 aromatic carbocycles. The van der Waals surface area contributed by atoms with Gasteiger partial charge in [0, 0.05) is 23.9 Å². The Morgan fingerprint density at radius 3 is 2.53 bits per heavy atom. The molecule has 8 nitrogen and oxygen atoms in total. The highest BCUT2D eigenvalue weighted by Gasteiger charge is 2.43. The van der Waals surface area contributed by atoms with Crippen LogP contribution in [-0.4, -0.2) is 40.6 Å². The fraction of sp³-hybridized carbons (Fsp3) is 0.480. The highest BCUT2D eigenvalue weighted by atomic mass is 32.1. The number of amides is 3. The molecule has 0 spiro atoms. The Morgan fingerprint density at radius 2 is 1.88 bits per heavy atom. The van der Waals surface area contributed by atoms with Crippen LogP contribution in [0.25, 0.3) is 0 Å². The van der Waals surface area contributed by atoms with E-state index in [1.165, 1.54) is 17.8 Å².